The summed E-state index contributed by atoms with van der Waals surface area (Å²) in [4.78, 5) is 13.1. The quantitative estimate of drug-likeness (QED) is 0.741. The summed E-state index contributed by atoms with van der Waals surface area (Å²) in [6, 6.07) is 18.3. The smallest absolute Gasteiger partial charge is 0.266 e. The van der Waals surface area contributed by atoms with Crippen LogP contribution in [0.2, 0.25) is 0 Å². The summed E-state index contributed by atoms with van der Waals surface area (Å²) in [6.45, 7) is 7.39. The van der Waals surface area contributed by atoms with Crippen molar-refractivity contribution in [3.8, 4) is 5.75 Å². The number of benzene rings is 2. The molecule has 2 aromatic rings. The molecule has 0 radical (unpaired) electrons. The monoisotopic (exact) mass is 402 g/mol. The average molecular weight is 403 g/mol. The average Bonchev–Trinajstić information content (AvgIpc) is 2.67. The van der Waals surface area contributed by atoms with Crippen LogP contribution in [0, 0.1) is 0 Å². The Bertz CT molecular complexity index is 751. The molecule has 1 heterocycles. The minimum Gasteiger partial charge on any atom is -0.476 e. The Morgan fingerprint density at radius 2 is 1.82 bits per heavy atom. The molecular weight excluding hydrogens is 372 g/mol. The van der Waals surface area contributed by atoms with Crippen LogP contribution in [0.4, 0.5) is 0 Å². The molecule has 152 valence electrons. The zero-order valence-corrected chi connectivity index (χ0v) is 17.7. The fourth-order valence-electron chi connectivity index (χ4n) is 3.52. The first kappa shape index (κ1) is 22.3. The Kier molecular flexibility index (Phi) is 8.34. The molecule has 0 spiro atoms. The highest BCUT2D eigenvalue weighted by atomic mass is 35.5. The van der Waals surface area contributed by atoms with Crippen LogP contribution in [0.3, 0.4) is 0 Å². The Balaban J connectivity index is 0.00000280. The summed E-state index contributed by atoms with van der Waals surface area (Å²) in [5.41, 5.74) is 2.07. The lowest BCUT2D eigenvalue weighted by Crippen LogP contribution is -2.48. The fraction of sp³-hybridized carbons (Fsp3) is 0.435. The third kappa shape index (κ3) is 5.98. The second kappa shape index (κ2) is 10.5. The van der Waals surface area contributed by atoms with E-state index >= 15 is 0 Å². The normalized spacial score (nSPS) is 20.1. The van der Waals surface area contributed by atoms with Gasteiger partial charge in [-0.05, 0) is 49.9 Å². The summed E-state index contributed by atoms with van der Waals surface area (Å²) < 4.78 is 6.19. The van der Waals surface area contributed by atoms with E-state index in [0.29, 0.717) is 12.0 Å². The van der Waals surface area contributed by atoms with Crippen molar-refractivity contribution in [1.29, 1.82) is 0 Å². The predicted molar refractivity (Wildman–Crippen MR) is 116 cm³/mol. The molecule has 28 heavy (non-hydrogen) atoms. The minimum atomic E-state index is -0.654. The second-order valence-electron chi connectivity index (χ2n) is 7.72. The van der Waals surface area contributed by atoms with Gasteiger partial charge in [0, 0.05) is 17.6 Å². The van der Waals surface area contributed by atoms with Gasteiger partial charge in [-0.15, -0.1) is 12.4 Å². The Morgan fingerprint density at radius 1 is 1.11 bits per heavy atom. The lowest BCUT2D eigenvalue weighted by molar-refractivity contribution is -0.129. The molecule has 0 aliphatic carbocycles. The van der Waals surface area contributed by atoms with Crippen LogP contribution in [-0.2, 0) is 4.79 Å². The molecule has 2 aromatic carbocycles. The van der Waals surface area contributed by atoms with Crippen LogP contribution < -0.4 is 15.4 Å². The van der Waals surface area contributed by atoms with Gasteiger partial charge in [0.1, 0.15) is 5.75 Å². The van der Waals surface area contributed by atoms with Crippen LogP contribution in [-0.4, -0.2) is 24.5 Å². The maximum absolute atomic E-state index is 13.1. The van der Waals surface area contributed by atoms with Crippen molar-refractivity contribution in [2.75, 3.05) is 6.54 Å². The highest BCUT2D eigenvalue weighted by molar-refractivity contribution is 5.85. The van der Waals surface area contributed by atoms with Crippen molar-refractivity contribution in [2.45, 2.75) is 57.7 Å². The highest BCUT2D eigenvalue weighted by Gasteiger charge is 2.27. The first-order chi connectivity index (χ1) is 13.0. The molecule has 1 saturated heterocycles. The molecule has 0 aromatic heterocycles. The van der Waals surface area contributed by atoms with Gasteiger partial charge in [-0.2, -0.15) is 0 Å². The van der Waals surface area contributed by atoms with Gasteiger partial charge < -0.3 is 15.4 Å². The third-order valence-electron chi connectivity index (χ3n) is 5.09. The molecule has 0 saturated carbocycles. The van der Waals surface area contributed by atoms with Crippen LogP contribution in [0.15, 0.2) is 54.6 Å². The first-order valence-corrected chi connectivity index (χ1v) is 9.88. The number of hydrogen-bond acceptors (Lipinski definition) is 3. The Morgan fingerprint density at radius 3 is 2.50 bits per heavy atom. The van der Waals surface area contributed by atoms with Crippen LogP contribution in [0.5, 0.6) is 5.75 Å². The number of carbonyl (C=O) groups excluding carboxylic acids is 1. The lowest BCUT2D eigenvalue weighted by Gasteiger charge is -2.30. The van der Waals surface area contributed by atoms with E-state index in [9.17, 15) is 4.79 Å². The van der Waals surface area contributed by atoms with Crippen molar-refractivity contribution in [3.05, 3.63) is 65.7 Å². The molecule has 3 rings (SSSR count). The molecule has 1 fully saturated rings. The molecule has 5 heteroatoms. The number of nitrogens with one attached hydrogen (secondary N) is 2. The van der Waals surface area contributed by atoms with E-state index < -0.39 is 6.10 Å². The summed E-state index contributed by atoms with van der Waals surface area (Å²) in [5, 5.41) is 6.62. The lowest BCUT2D eigenvalue weighted by atomic mass is 9.99. The molecule has 3 atom stereocenters. The zero-order valence-electron chi connectivity index (χ0n) is 16.9. The van der Waals surface area contributed by atoms with Gasteiger partial charge in [-0.25, -0.2) is 0 Å². The van der Waals surface area contributed by atoms with E-state index in [1.54, 1.807) is 0 Å². The van der Waals surface area contributed by atoms with Crippen molar-refractivity contribution in [1.82, 2.24) is 10.6 Å². The van der Waals surface area contributed by atoms with E-state index in [1.165, 1.54) is 5.56 Å². The van der Waals surface area contributed by atoms with Crippen molar-refractivity contribution in [3.63, 3.8) is 0 Å². The Hall–Kier alpha value is -2.04. The van der Waals surface area contributed by atoms with Gasteiger partial charge in [-0.3, -0.25) is 4.79 Å². The summed E-state index contributed by atoms with van der Waals surface area (Å²) in [6.07, 6.45) is 1.23. The Labute approximate surface area is 174 Å². The summed E-state index contributed by atoms with van der Waals surface area (Å²) >= 11 is 0. The van der Waals surface area contributed by atoms with Crippen molar-refractivity contribution < 1.29 is 9.53 Å². The number of hydrogen-bond donors (Lipinski definition) is 2. The molecule has 1 amide bonds. The van der Waals surface area contributed by atoms with Crippen LogP contribution >= 0.6 is 12.4 Å². The van der Waals surface area contributed by atoms with E-state index in [2.05, 4.69) is 37.5 Å². The number of carbonyl (C=O) groups is 1. The molecule has 3 unspecified atom stereocenters. The van der Waals surface area contributed by atoms with Gasteiger partial charge in [0.15, 0.2) is 0 Å². The van der Waals surface area contributed by atoms with Gasteiger partial charge in [0.25, 0.3) is 5.91 Å². The summed E-state index contributed by atoms with van der Waals surface area (Å²) in [5.74, 6) is 1.06. The number of halogens is 1. The molecular formula is C23H31ClN2O2. The molecule has 4 nitrogen and oxygen atoms in total. The van der Waals surface area contributed by atoms with E-state index in [4.69, 9.17) is 4.74 Å². The first-order valence-electron chi connectivity index (χ1n) is 9.88. The van der Waals surface area contributed by atoms with Gasteiger partial charge in [0.2, 0.25) is 6.10 Å². The third-order valence-corrected chi connectivity index (χ3v) is 5.09. The summed E-state index contributed by atoms with van der Waals surface area (Å²) in [7, 11) is 0. The second-order valence-corrected chi connectivity index (χ2v) is 7.72. The molecule has 1 aliphatic rings. The number of piperidine rings is 1. The molecule has 0 bridgehead atoms. The number of rotatable bonds is 6. The SMILES string of the molecule is CC1CC(NC(=O)C(Oc2cccc(C(C)C)c2)c2ccccc2)CCN1.Cl. The zero-order chi connectivity index (χ0) is 19.2. The largest absolute Gasteiger partial charge is 0.476 e. The van der Waals surface area contributed by atoms with E-state index in [1.807, 2.05) is 48.5 Å². The predicted octanol–water partition coefficient (Wildman–Crippen LogP) is 4.61. The van der Waals surface area contributed by atoms with E-state index in [0.717, 1.165) is 30.7 Å². The molecule has 1 aliphatic heterocycles. The van der Waals surface area contributed by atoms with Gasteiger partial charge >= 0.3 is 0 Å². The topological polar surface area (TPSA) is 50.4 Å². The van der Waals surface area contributed by atoms with Gasteiger partial charge in [0.05, 0.1) is 0 Å². The maximum Gasteiger partial charge on any atom is 0.266 e. The van der Waals surface area contributed by atoms with E-state index in [-0.39, 0.29) is 24.4 Å². The maximum atomic E-state index is 13.1. The van der Waals surface area contributed by atoms with Crippen molar-refractivity contribution in [2.24, 2.45) is 0 Å². The van der Waals surface area contributed by atoms with Crippen LogP contribution in [0.1, 0.15) is 56.8 Å². The number of ether oxygens (including phenoxy) is 1. The van der Waals surface area contributed by atoms with Crippen LogP contribution in [0.25, 0.3) is 0 Å². The highest BCUT2D eigenvalue weighted by Crippen LogP contribution is 2.26. The standard InChI is InChI=1S/C23H30N2O2.ClH/c1-16(2)19-10-7-11-21(15-19)27-22(18-8-5-4-6-9-18)23(26)25-20-12-13-24-17(3)14-20;/h4-11,15-17,20,22,24H,12-14H2,1-3H3,(H,25,26);1H. The fourth-order valence-corrected chi connectivity index (χ4v) is 3.52. The van der Waals surface area contributed by atoms with Gasteiger partial charge in [-0.1, -0.05) is 56.3 Å². The van der Waals surface area contributed by atoms with Crippen molar-refractivity contribution >= 4 is 18.3 Å². The number of amides is 1. The minimum absolute atomic E-state index is 0. The molecule has 2 N–H and O–H groups in total.